The van der Waals surface area contributed by atoms with Crippen LogP contribution in [0.5, 0.6) is 0 Å². The monoisotopic (exact) mass is 553 g/mol. The fourth-order valence-corrected chi connectivity index (χ4v) is 4.22. The van der Waals surface area contributed by atoms with Crippen LogP contribution >= 0.6 is 0 Å². The number of aryl methyl sites for hydroxylation is 1. The Morgan fingerprint density at radius 1 is 0.878 bits per heavy atom. The van der Waals surface area contributed by atoms with E-state index in [1.807, 2.05) is 31.2 Å². The van der Waals surface area contributed by atoms with Gasteiger partial charge in [-0.2, -0.15) is 0 Å². The second kappa shape index (κ2) is 13.4. The second-order valence-electron chi connectivity index (χ2n) is 9.89. The molecule has 3 aromatic carbocycles. The van der Waals surface area contributed by atoms with E-state index >= 15 is 0 Å². The van der Waals surface area contributed by atoms with Crippen LogP contribution in [0.4, 0.5) is 15.8 Å². The third-order valence-electron chi connectivity index (χ3n) is 6.48. The van der Waals surface area contributed by atoms with Gasteiger partial charge in [-0.15, -0.1) is 0 Å². The number of anilines is 2. The van der Waals surface area contributed by atoms with Crippen molar-refractivity contribution in [3.8, 4) is 0 Å². The Labute approximate surface area is 238 Å². The molecule has 0 fully saturated rings. The van der Waals surface area contributed by atoms with E-state index in [1.54, 1.807) is 36.4 Å². The molecule has 8 heteroatoms. The maximum atomic E-state index is 13.8. The molecule has 0 spiro atoms. The molecule has 3 amide bonds. The fraction of sp³-hybridized carbons (Fsp3) is 0.182. The van der Waals surface area contributed by atoms with Crippen LogP contribution in [0.2, 0.25) is 0 Å². The normalized spacial score (nSPS) is 11.8. The Morgan fingerprint density at radius 3 is 2.15 bits per heavy atom. The number of halogens is 1. The third-order valence-corrected chi connectivity index (χ3v) is 6.48. The van der Waals surface area contributed by atoms with E-state index in [1.165, 1.54) is 35.4 Å². The van der Waals surface area contributed by atoms with Gasteiger partial charge in [0.1, 0.15) is 17.6 Å². The topological polar surface area (TPSA) is 91.7 Å². The number of hydrogen-bond donors (Lipinski definition) is 2. The summed E-state index contributed by atoms with van der Waals surface area (Å²) in [5.74, 6) is -1.31. The zero-order valence-electron chi connectivity index (χ0n) is 23.1. The minimum atomic E-state index is -1.17. The van der Waals surface area contributed by atoms with Crippen molar-refractivity contribution in [3.63, 3.8) is 0 Å². The van der Waals surface area contributed by atoms with Crippen LogP contribution in [0, 0.1) is 12.7 Å². The summed E-state index contributed by atoms with van der Waals surface area (Å²) >= 11 is 0. The van der Waals surface area contributed by atoms with Gasteiger partial charge < -0.3 is 15.1 Å². The predicted molar refractivity (Wildman–Crippen MR) is 157 cm³/mol. The van der Waals surface area contributed by atoms with Gasteiger partial charge in [0, 0.05) is 23.5 Å². The summed E-state index contributed by atoms with van der Waals surface area (Å²) in [7, 11) is 0. The van der Waals surface area contributed by atoms with Gasteiger partial charge in [-0.1, -0.05) is 55.8 Å². The van der Waals surface area contributed by atoms with E-state index in [2.05, 4.69) is 24.5 Å². The molecule has 41 heavy (non-hydrogen) atoms. The summed E-state index contributed by atoms with van der Waals surface area (Å²) < 4.78 is 19.2. The average Bonchev–Trinajstić information content (AvgIpc) is 3.49. The van der Waals surface area contributed by atoms with Crippen LogP contribution in [-0.2, 0) is 20.9 Å². The number of hydrogen-bond acceptors (Lipinski definition) is 4. The Bertz CT molecular complexity index is 1490. The lowest BCUT2D eigenvalue weighted by molar-refractivity contribution is -0.125. The van der Waals surface area contributed by atoms with Gasteiger partial charge in [0.2, 0.25) is 11.8 Å². The number of rotatable bonds is 10. The Morgan fingerprint density at radius 2 is 1.54 bits per heavy atom. The first kappa shape index (κ1) is 29.0. The minimum Gasteiger partial charge on any atom is -0.467 e. The van der Waals surface area contributed by atoms with Crippen LogP contribution in [0.3, 0.4) is 0 Å². The van der Waals surface area contributed by atoms with Crippen LogP contribution < -0.4 is 15.5 Å². The molecule has 0 radical (unpaired) electrons. The van der Waals surface area contributed by atoms with Gasteiger partial charge in [0.25, 0.3) is 5.91 Å². The van der Waals surface area contributed by atoms with Crippen molar-refractivity contribution in [1.29, 1.82) is 0 Å². The van der Waals surface area contributed by atoms with Crippen LogP contribution in [0.1, 0.15) is 48.3 Å². The van der Waals surface area contributed by atoms with E-state index in [0.29, 0.717) is 22.7 Å². The molecule has 4 rings (SSSR count). The number of benzene rings is 3. The molecule has 2 N–H and O–H groups in total. The van der Waals surface area contributed by atoms with Gasteiger partial charge in [-0.3, -0.25) is 19.3 Å². The molecule has 0 aliphatic heterocycles. The predicted octanol–water partition coefficient (Wildman–Crippen LogP) is 6.44. The summed E-state index contributed by atoms with van der Waals surface area (Å²) in [4.78, 5) is 41.4. The molecule has 0 aliphatic rings. The maximum Gasteiger partial charge on any atom is 0.252 e. The van der Waals surface area contributed by atoms with Crippen molar-refractivity contribution < 1.29 is 23.2 Å². The SMILES string of the molecule is Cc1ccc(NC(=O)/C=C\C(=O)N(c2ccc(C(C)C)cc2)[C@H](C(=O)NCc2ccco2)c2ccc(F)cc2)cc1. The summed E-state index contributed by atoms with van der Waals surface area (Å²) in [6, 6.07) is 22.2. The Hall–Kier alpha value is -4.98. The van der Waals surface area contributed by atoms with E-state index in [9.17, 15) is 18.8 Å². The number of amides is 3. The lowest BCUT2D eigenvalue weighted by atomic mass is 10.0. The second-order valence-corrected chi connectivity index (χ2v) is 9.89. The zero-order valence-corrected chi connectivity index (χ0v) is 23.1. The van der Waals surface area contributed by atoms with E-state index < -0.39 is 29.6 Å². The van der Waals surface area contributed by atoms with E-state index in [-0.39, 0.29) is 12.5 Å². The quantitative estimate of drug-likeness (QED) is 0.221. The number of carbonyl (C=O) groups is 3. The lowest BCUT2D eigenvalue weighted by Crippen LogP contribution is -2.43. The fourth-order valence-electron chi connectivity index (χ4n) is 4.22. The van der Waals surface area contributed by atoms with Crippen molar-refractivity contribution in [2.24, 2.45) is 0 Å². The maximum absolute atomic E-state index is 13.8. The smallest absolute Gasteiger partial charge is 0.252 e. The summed E-state index contributed by atoms with van der Waals surface area (Å²) in [5.41, 5.74) is 3.51. The molecule has 4 aromatic rings. The average molecular weight is 554 g/mol. The molecule has 0 unspecified atom stereocenters. The molecule has 0 bridgehead atoms. The molecule has 1 atom stereocenters. The van der Waals surface area contributed by atoms with Crippen LogP contribution in [0.25, 0.3) is 0 Å². The highest BCUT2D eigenvalue weighted by Gasteiger charge is 2.32. The Kier molecular flexibility index (Phi) is 9.47. The van der Waals surface area contributed by atoms with Gasteiger partial charge >= 0.3 is 0 Å². The van der Waals surface area contributed by atoms with Crippen LogP contribution in [-0.4, -0.2) is 17.7 Å². The summed E-state index contributed by atoms with van der Waals surface area (Å²) in [6.07, 6.45) is 3.74. The number of nitrogens with zero attached hydrogens (tertiary/aromatic N) is 1. The van der Waals surface area contributed by atoms with Crippen LogP contribution in [0.15, 0.2) is 108 Å². The van der Waals surface area contributed by atoms with Gasteiger partial charge in [0.15, 0.2) is 0 Å². The molecule has 7 nitrogen and oxygen atoms in total. The first-order valence-corrected chi connectivity index (χ1v) is 13.3. The molecule has 1 heterocycles. The van der Waals surface area contributed by atoms with Crippen molar-refractivity contribution in [2.75, 3.05) is 10.2 Å². The molecule has 0 aliphatic carbocycles. The largest absolute Gasteiger partial charge is 0.467 e. The highest BCUT2D eigenvalue weighted by atomic mass is 19.1. The number of furan rings is 1. The Balaban J connectivity index is 1.69. The van der Waals surface area contributed by atoms with Crippen molar-refractivity contribution in [1.82, 2.24) is 5.32 Å². The zero-order chi connectivity index (χ0) is 29.4. The summed E-state index contributed by atoms with van der Waals surface area (Å²) in [6.45, 7) is 6.13. The first-order valence-electron chi connectivity index (χ1n) is 13.3. The third kappa shape index (κ3) is 7.79. The van der Waals surface area contributed by atoms with Crippen molar-refractivity contribution >= 4 is 29.1 Å². The molecular formula is C33H32FN3O4. The molecule has 1 aromatic heterocycles. The first-order chi connectivity index (χ1) is 19.7. The lowest BCUT2D eigenvalue weighted by Gasteiger charge is -2.31. The highest BCUT2D eigenvalue weighted by Crippen LogP contribution is 2.30. The number of carbonyl (C=O) groups excluding carboxylic acids is 3. The van der Waals surface area contributed by atoms with Crippen molar-refractivity contribution in [3.05, 3.63) is 132 Å². The summed E-state index contributed by atoms with van der Waals surface area (Å²) in [5, 5.41) is 5.53. The minimum absolute atomic E-state index is 0.0899. The molecule has 0 saturated heterocycles. The van der Waals surface area contributed by atoms with Gasteiger partial charge in [0.05, 0.1) is 12.8 Å². The van der Waals surface area contributed by atoms with Gasteiger partial charge in [-0.05, 0) is 72.5 Å². The van der Waals surface area contributed by atoms with E-state index in [0.717, 1.165) is 23.3 Å². The molecular weight excluding hydrogens is 521 g/mol. The van der Waals surface area contributed by atoms with E-state index in [4.69, 9.17) is 4.42 Å². The number of nitrogens with one attached hydrogen (secondary N) is 2. The van der Waals surface area contributed by atoms with Gasteiger partial charge in [-0.25, -0.2) is 4.39 Å². The highest BCUT2D eigenvalue weighted by molar-refractivity contribution is 6.10. The standard InChI is InChI=1S/C33H32FN3O4/c1-22(2)24-10-16-28(17-11-24)37(31(39)19-18-30(38)36-27-14-6-23(3)7-15-27)32(25-8-12-26(34)13-9-25)33(40)35-21-29-5-4-20-41-29/h4-20,22,32H,21H2,1-3H3,(H,35,40)(H,36,38)/b19-18-/t32-/m0/s1. The molecule has 0 saturated carbocycles. The molecule has 210 valence electrons. The van der Waals surface area contributed by atoms with Crippen molar-refractivity contribution in [2.45, 2.75) is 39.3 Å².